The lowest BCUT2D eigenvalue weighted by molar-refractivity contribution is 0.578. The highest BCUT2D eigenvalue weighted by atomic mass is 79.9. The molecular formula is C12H8BrF3N2O2S. The van der Waals surface area contributed by atoms with Crippen LogP contribution in [0.1, 0.15) is 0 Å². The first-order valence-electron chi connectivity index (χ1n) is 5.43. The fraction of sp³-hybridized carbons (Fsp3) is 0. The third-order valence-corrected chi connectivity index (χ3v) is 4.55. The van der Waals surface area contributed by atoms with Crippen molar-refractivity contribution >= 4 is 37.3 Å². The van der Waals surface area contributed by atoms with E-state index in [1.807, 2.05) is 4.72 Å². The molecule has 2 aromatic carbocycles. The predicted octanol–water partition coefficient (Wildman–Crippen LogP) is 3.25. The van der Waals surface area contributed by atoms with Gasteiger partial charge < -0.3 is 5.73 Å². The normalized spacial score (nSPS) is 11.4. The molecule has 2 aromatic rings. The van der Waals surface area contributed by atoms with Crippen molar-refractivity contribution in [1.82, 2.24) is 0 Å². The summed E-state index contributed by atoms with van der Waals surface area (Å²) in [5.74, 6) is -2.82. The van der Waals surface area contributed by atoms with Crippen molar-refractivity contribution in [3.05, 3.63) is 52.3 Å². The van der Waals surface area contributed by atoms with Crippen LogP contribution in [0.3, 0.4) is 0 Å². The van der Waals surface area contributed by atoms with Gasteiger partial charge >= 0.3 is 0 Å². The highest BCUT2D eigenvalue weighted by Crippen LogP contribution is 2.27. The lowest BCUT2D eigenvalue weighted by atomic mass is 10.3. The Bertz CT molecular complexity index is 812. The molecule has 0 aromatic heterocycles. The van der Waals surface area contributed by atoms with Gasteiger partial charge in [0.2, 0.25) is 0 Å². The molecule has 0 aliphatic rings. The molecule has 0 aliphatic carbocycles. The van der Waals surface area contributed by atoms with Crippen LogP contribution in [0, 0.1) is 17.5 Å². The second-order valence-electron chi connectivity index (χ2n) is 4.03. The van der Waals surface area contributed by atoms with Crippen molar-refractivity contribution in [2.45, 2.75) is 4.90 Å². The molecule has 0 heterocycles. The van der Waals surface area contributed by atoms with Gasteiger partial charge in [0.15, 0.2) is 0 Å². The Morgan fingerprint density at radius 2 is 1.71 bits per heavy atom. The Hall–Kier alpha value is -1.74. The third kappa shape index (κ3) is 3.30. The van der Waals surface area contributed by atoms with Crippen LogP contribution in [0.5, 0.6) is 0 Å². The molecule has 0 bridgehead atoms. The van der Waals surface area contributed by atoms with Gasteiger partial charge in [0.1, 0.15) is 22.3 Å². The van der Waals surface area contributed by atoms with Gasteiger partial charge in [0.25, 0.3) is 10.0 Å². The van der Waals surface area contributed by atoms with Crippen molar-refractivity contribution in [2.75, 3.05) is 10.5 Å². The Labute approximate surface area is 127 Å². The lowest BCUT2D eigenvalue weighted by Crippen LogP contribution is -2.16. The van der Waals surface area contributed by atoms with Gasteiger partial charge in [0.05, 0.1) is 15.8 Å². The zero-order chi connectivity index (χ0) is 15.8. The average molecular weight is 381 g/mol. The Morgan fingerprint density at radius 3 is 2.38 bits per heavy atom. The molecule has 0 saturated heterocycles. The first-order valence-corrected chi connectivity index (χ1v) is 7.71. The van der Waals surface area contributed by atoms with Crippen molar-refractivity contribution in [3.8, 4) is 0 Å². The molecule has 0 radical (unpaired) electrons. The Morgan fingerprint density at radius 1 is 1.05 bits per heavy atom. The molecule has 0 spiro atoms. The summed E-state index contributed by atoms with van der Waals surface area (Å²) in [6.45, 7) is 0. The number of nitrogens with one attached hydrogen (secondary N) is 1. The van der Waals surface area contributed by atoms with E-state index in [-0.39, 0.29) is 10.2 Å². The van der Waals surface area contributed by atoms with Crippen LogP contribution in [-0.4, -0.2) is 8.42 Å². The molecule has 9 heteroatoms. The number of halogens is 4. The summed E-state index contributed by atoms with van der Waals surface area (Å²) in [5.41, 5.74) is 4.78. The molecule has 3 N–H and O–H groups in total. The van der Waals surface area contributed by atoms with Crippen molar-refractivity contribution in [2.24, 2.45) is 0 Å². The molecule has 0 amide bonds. The van der Waals surface area contributed by atoms with Crippen LogP contribution in [0.15, 0.2) is 39.7 Å². The molecule has 0 saturated carbocycles. The minimum absolute atomic E-state index is 0.131. The Kier molecular flexibility index (Phi) is 4.15. The molecule has 4 nitrogen and oxygen atoms in total. The molecule has 0 atom stereocenters. The van der Waals surface area contributed by atoms with Gasteiger partial charge in [-0.2, -0.15) is 0 Å². The van der Waals surface area contributed by atoms with E-state index in [1.165, 1.54) is 0 Å². The van der Waals surface area contributed by atoms with E-state index in [0.717, 1.165) is 18.2 Å². The van der Waals surface area contributed by atoms with Crippen LogP contribution in [0.2, 0.25) is 0 Å². The van der Waals surface area contributed by atoms with Crippen LogP contribution in [0.4, 0.5) is 24.5 Å². The quantitative estimate of drug-likeness (QED) is 0.634. The molecule has 2 rings (SSSR count). The standard InChI is InChI=1S/C12H8BrF3N2O2S/c13-7-4-11(9(16)5-8(7)15)18-21(19,20)12-3-6(14)1-2-10(12)17/h1-5,18H,17H2. The number of hydrogen-bond acceptors (Lipinski definition) is 3. The van der Waals surface area contributed by atoms with Gasteiger partial charge in [-0.3, -0.25) is 4.72 Å². The Balaban J connectivity index is 2.47. The first-order chi connectivity index (χ1) is 9.70. The minimum Gasteiger partial charge on any atom is -0.398 e. The number of sulfonamides is 1. The zero-order valence-corrected chi connectivity index (χ0v) is 12.6. The largest absolute Gasteiger partial charge is 0.398 e. The summed E-state index contributed by atoms with van der Waals surface area (Å²) in [7, 11) is -4.32. The van der Waals surface area contributed by atoms with Crippen LogP contribution < -0.4 is 10.5 Å². The number of rotatable bonds is 3. The van der Waals surface area contributed by atoms with Gasteiger partial charge in [0, 0.05) is 6.07 Å². The molecule has 0 fully saturated rings. The van der Waals surface area contributed by atoms with E-state index in [0.29, 0.717) is 12.1 Å². The number of hydrogen-bond donors (Lipinski definition) is 2. The fourth-order valence-corrected chi connectivity index (χ4v) is 3.09. The summed E-state index contributed by atoms with van der Waals surface area (Å²) in [4.78, 5) is -0.539. The molecule has 21 heavy (non-hydrogen) atoms. The summed E-state index contributed by atoms with van der Waals surface area (Å²) in [5, 5.41) is 0. The monoisotopic (exact) mass is 380 g/mol. The van der Waals surface area contributed by atoms with E-state index in [1.54, 1.807) is 0 Å². The molecule has 0 unspecified atom stereocenters. The second-order valence-corrected chi connectivity index (χ2v) is 6.54. The maximum absolute atomic E-state index is 13.6. The van der Waals surface area contributed by atoms with E-state index in [9.17, 15) is 21.6 Å². The summed E-state index contributed by atoms with van der Waals surface area (Å²) >= 11 is 2.81. The number of nitrogens with two attached hydrogens (primary N) is 1. The molecule has 112 valence electrons. The summed E-state index contributed by atoms with van der Waals surface area (Å²) < 4.78 is 65.7. The molecule has 0 aliphatic heterocycles. The highest BCUT2D eigenvalue weighted by molar-refractivity contribution is 9.10. The SMILES string of the molecule is Nc1ccc(F)cc1S(=O)(=O)Nc1cc(Br)c(F)cc1F. The van der Waals surface area contributed by atoms with Gasteiger partial charge in [-0.15, -0.1) is 0 Å². The lowest BCUT2D eigenvalue weighted by Gasteiger charge is -2.11. The highest BCUT2D eigenvalue weighted by Gasteiger charge is 2.21. The second kappa shape index (κ2) is 5.57. The smallest absolute Gasteiger partial charge is 0.264 e. The minimum atomic E-state index is -4.32. The van der Waals surface area contributed by atoms with Gasteiger partial charge in [-0.1, -0.05) is 0 Å². The number of benzene rings is 2. The maximum Gasteiger partial charge on any atom is 0.264 e. The predicted molar refractivity (Wildman–Crippen MR) is 75.7 cm³/mol. The number of anilines is 2. The topological polar surface area (TPSA) is 72.2 Å². The van der Waals surface area contributed by atoms with E-state index < -0.39 is 38.1 Å². The van der Waals surface area contributed by atoms with Crippen LogP contribution in [0.25, 0.3) is 0 Å². The van der Waals surface area contributed by atoms with Crippen LogP contribution >= 0.6 is 15.9 Å². The van der Waals surface area contributed by atoms with Gasteiger partial charge in [-0.05, 0) is 40.2 Å². The zero-order valence-electron chi connectivity index (χ0n) is 10.2. The van der Waals surface area contributed by atoms with Gasteiger partial charge in [-0.25, -0.2) is 21.6 Å². The van der Waals surface area contributed by atoms with Crippen molar-refractivity contribution in [1.29, 1.82) is 0 Å². The van der Waals surface area contributed by atoms with Crippen LogP contribution in [-0.2, 0) is 10.0 Å². The summed E-state index contributed by atoms with van der Waals surface area (Å²) in [6, 6.07) is 4.19. The average Bonchev–Trinajstić information content (AvgIpc) is 2.38. The van der Waals surface area contributed by atoms with E-state index in [2.05, 4.69) is 15.9 Å². The van der Waals surface area contributed by atoms with E-state index in [4.69, 9.17) is 5.73 Å². The summed E-state index contributed by atoms with van der Waals surface area (Å²) in [6.07, 6.45) is 0. The maximum atomic E-state index is 13.6. The molecular weight excluding hydrogens is 373 g/mol. The van der Waals surface area contributed by atoms with Crippen molar-refractivity contribution in [3.63, 3.8) is 0 Å². The fourth-order valence-electron chi connectivity index (χ4n) is 1.54. The van der Waals surface area contributed by atoms with Crippen molar-refractivity contribution < 1.29 is 21.6 Å². The number of nitrogen functional groups attached to an aromatic ring is 1. The van der Waals surface area contributed by atoms with E-state index >= 15 is 0 Å². The first kappa shape index (κ1) is 15.6. The third-order valence-electron chi connectivity index (χ3n) is 2.52.